The number of anilines is 1. The molecule has 0 radical (unpaired) electrons. The number of aromatic carboxylic acids is 1. The summed E-state index contributed by atoms with van der Waals surface area (Å²) in [5, 5.41) is 9.27. The van der Waals surface area contributed by atoms with Crippen LogP contribution in [0, 0.1) is 0 Å². The van der Waals surface area contributed by atoms with Crippen LogP contribution < -0.4 is 4.90 Å². The fraction of sp³-hybridized carbons (Fsp3) is 0.500. The third-order valence-corrected chi connectivity index (χ3v) is 2.38. The maximum atomic E-state index is 12.4. The van der Waals surface area contributed by atoms with E-state index in [0.29, 0.717) is 4.90 Å². The molecule has 0 aromatic carbocycles. The predicted octanol–water partition coefficient (Wildman–Crippen LogP) is 3.46. The zero-order valence-corrected chi connectivity index (χ0v) is 14.6. The van der Waals surface area contributed by atoms with E-state index in [1.807, 2.05) is 0 Å². The number of carbonyl (C=O) groups excluding carboxylic acids is 2. The molecule has 0 saturated carbocycles. The summed E-state index contributed by atoms with van der Waals surface area (Å²) in [6.45, 7) is 9.72. The number of hydrogen-bond donors (Lipinski definition) is 1. The first-order valence-electron chi connectivity index (χ1n) is 7.26. The van der Waals surface area contributed by atoms with Crippen LogP contribution in [0.25, 0.3) is 0 Å². The quantitative estimate of drug-likeness (QED) is 0.880. The predicted molar refractivity (Wildman–Crippen MR) is 86.1 cm³/mol. The summed E-state index contributed by atoms with van der Waals surface area (Å²) >= 11 is 0. The van der Waals surface area contributed by atoms with E-state index in [1.165, 1.54) is 18.3 Å². The number of imide groups is 1. The molecule has 1 N–H and O–H groups in total. The second kappa shape index (κ2) is 6.86. The summed E-state index contributed by atoms with van der Waals surface area (Å²) in [4.78, 5) is 40.6. The summed E-state index contributed by atoms with van der Waals surface area (Å²) in [5.41, 5.74) is -2.11. The zero-order valence-electron chi connectivity index (χ0n) is 14.6. The van der Waals surface area contributed by atoms with Gasteiger partial charge in [-0.3, -0.25) is 0 Å². The van der Waals surface area contributed by atoms with Crippen molar-refractivity contribution in [1.29, 1.82) is 0 Å². The first-order valence-corrected chi connectivity index (χ1v) is 7.26. The van der Waals surface area contributed by atoms with E-state index >= 15 is 0 Å². The van der Waals surface area contributed by atoms with Crippen molar-refractivity contribution in [3.05, 3.63) is 23.9 Å². The van der Waals surface area contributed by atoms with Crippen molar-refractivity contribution in [3.63, 3.8) is 0 Å². The van der Waals surface area contributed by atoms with Gasteiger partial charge in [0.15, 0.2) is 5.82 Å². The second-order valence-corrected chi connectivity index (χ2v) is 6.98. The summed E-state index contributed by atoms with van der Waals surface area (Å²) in [6.07, 6.45) is -0.875. The van der Waals surface area contributed by atoms with Crippen molar-refractivity contribution >= 4 is 24.0 Å². The minimum Gasteiger partial charge on any atom is -0.478 e. The largest absolute Gasteiger partial charge is 0.478 e. The maximum Gasteiger partial charge on any atom is 0.425 e. The number of carboxylic acid groups (broad SMARTS) is 1. The fourth-order valence-corrected chi connectivity index (χ4v) is 1.60. The Balaban J connectivity index is 3.36. The lowest BCUT2D eigenvalue weighted by molar-refractivity contribution is 0.0429. The van der Waals surface area contributed by atoms with Gasteiger partial charge in [0.2, 0.25) is 0 Å². The van der Waals surface area contributed by atoms with Crippen molar-refractivity contribution in [3.8, 4) is 0 Å². The summed E-state index contributed by atoms with van der Waals surface area (Å²) in [6, 6.07) is 2.61. The monoisotopic (exact) mass is 338 g/mol. The van der Waals surface area contributed by atoms with Gasteiger partial charge in [-0.2, -0.15) is 4.90 Å². The van der Waals surface area contributed by atoms with Gasteiger partial charge in [-0.25, -0.2) is 19.4 Å². The van der Waals surface area contributed by atoms with Crippen molar-refractivity contribution in [2.24, 2.45) is 0 Å². The number of hydrogen-bond acceptors (Lipinski definition) is 6. The average molecular weight is 338 g/mol. The van der Waals surface area contributed by atoms with E-state index in [-0.39, 0.29) is 11.4 Å². The highest BCUT2D eigenvalue weighted by Gasteiger charge is 2.35. The van der Waals surface area contributed by atoms with Crippen LogP contribution in [0.1, 0.15) is 51.9 Å². The fourth-order valence-electron chi connectivity index (χ4n) is 1.60. The lowest BCUT2D eigenvalue weighted by Gasteiger charge is -2.28. The van der Waals surface area contributed by atoms with E-state index in [4.69, 9.17) is 9.47 Å². The van der Waals surface area contributed by atoms with Gasteiger partial charge < -0.3 is 14.6 Å². The molecule has 8 heteroatoms. The number of carbonyl (C=O) groups is 3. The Labute approximate surface area is 140 Å². The third-order valence-electron chi connectivity index (χ3n) is 2.38. The highest BCUT2D eigenvalue weighted by Crippen LogP contribution is 2.23. The number of amides is 2. The Morgan fingerprint density at radius 3 is 1.83 bits per heavy atom. The molecular formula is C16H22N2O6. The normalized spacial score (nSPS) is 11.6. The summed E-state index contributed by atoms with van der Waals surface area (Å²) in [5.74, 6) is -1.70. The number of carboxylic acids is 1. The lowest BCUT2D eigenvalue weighted by atomic mass is 10.2. The zero-order chi connectivity index (χ0) is 18.7. The first kappa shape index (κ1) is 19.4. The van der Waals surface area contributed by atoms with E-state index in [2.05, 4.69) is 4.98 Å². The van der Waals surface area contributed by atoms with Crippen LogP contribution >= 0.6 is 0 Å². The van der Waals surface area contributed by atoms with Gasteiger partial charge >= 0.3 is 18.2 Å². The molecule has 1 aromatic heterocycles. The van der Waals surface area contributed by atoms with Crippen LogP contribution in [0.4, 0.5) is 15.4 Å². The second-order valence-electron chi connectivity index (χ2n) is 6.98. The SMILES string of the molecule is CC(C)(C)OC(=O)N(C(=O)OC(C)(C)C)c1ncccc1C(=O)O. The van der Waals surface area contributed by atoms with Crippen molar-refractivity contribution in [2.45, 2.75) is 52.7 Å². The minimum atomic E-state index is -1.34. The first-order chi connectivity index (χ1) is 10.8. The smallest absolute Gasteiger partial charge is 0.425 e. The Morgan fingerprint density at radius 2 is 1.46 bits per heavy atom. The van der Waals surface area contributed by atoms with Crippen molar-refractivity contribution in [2.75, 3.05) is 4.90 Å². The lowest BCUT2D eigenvalue weighted by Crippen LogP contribution is -2.44. The number of aromatic nitrogens is 1. The average Bonchev–Trinajstić information content (AvgIpc) is 2.34. The minimum absolute atomic E-state index is 0.325. The highest BCUT2D eigenvalue weighted by molar-refractivity contribution is 6.12. The molecule has 1 aromatic rings. The Bertz CT molecular complexity index is 615. The van der Waals surface area contributed by atoms with Gasteiger partial charge in [-0.15, -0.1) is 0 Å². The molecule has 132 valence electrons. The van der Waals surface area contributed by atoms with Gasteiger partial charge in [-0.1, -0.05) is 0 Å². The molecule has 0 unspecified atom stereocenters. The Kier molecular flexibility index (Phi) is 5.54. The molecule has 0 fully saturated rings. The van der Waals surface area contributed by atoms with Gasteiger partial charge in [0.25, 0.3) is 0 Å². The molecule has 0 atom stereocenters. The summed E-state index contributed by atoms with van der Waals surface area (Å²) in [7, 11) is 0. The van der Waals surface area contributed by atoms with Crippen LogP contribution in [-0.2, 0) is 9.47 Å². The molecule has 8 nitrogen and oxygen atoms in total. The van der Waals surface area contributed by atoms with Gasteiger partial charge in [0.05, 0.1) is 0 Å². The number of nitrogens with zero attached hydrogens (tertiary/aromatic N) is 2. The van der Waals surface area contributed by atoms with Gasteiger partial charge in [0.1, 0.15) is 16.8 Å². The van der Waals surface area contributed by atoms with Gasteiger partial charge in [-0.05, 0) is 53.7 Å². The molecule has 2 amide bonds. The van der Waals surface area contributed by atoms with E-state index < -0.39 is 29.4 Å². The van der Waals surface area contributed by atoms with Gasteiger partial charge in [0, 0.05) is 6.20 Å². The standard InChI is InChI=1S/C16H22N2O6/c1-15(2,3)23-13(21)18(14(22)24-16(4,5)6)11-10(12(19)20)8-7-9-17-11/h7-9H,1-6H3,(H,19,20). The molecule has 0 saturated heterocycles. The molecule has 0 bridgehead atoms. The molecule has 24 heavy (non-hydrogen) atoms. The molecule has 0 aliphatic heterocycles. The molecule has 1 heterocycles. The van der Waals surface area contributed by atoms with E-state index in [9.17, 15) is 19.5 Å². The van der Waals surface area contributed by atoms with Crippen LogP contribution in [0.2, 0.25) is 0 Å². The van der Waals surface area contributed by atoms with E-state index in [1.54, 1.807) is 41.5 Å². The van der Waals surface area contributed by atoms with Crippen LogP contribution in [-0.4, -0.2) is 39.4 Å². The van der Waals surface area contributed by atoms with Crippen LogP contribution in [0.15, 0.2) is 18.3 Å². The van der Waals surface area contributed by atoms with Crippen LogP contribution in [0.5, 0.6) is 0 Å². The maximum absolute atomic E-state index is 12.4. The number of ether oxygens (including phenoxy) is 2. The van der Waals surface area contributed by atoms with Crippen molar-refractivity contribution < 1.29 is 29.0 Å². The molecular weight excluding hydrogens is 316 g/mol. The molecule has 0 aliphatic rings. The molecule has 1 rings (SSSR count). The number of rotatable bonds is 2. The molecule has 0 spiro atoms. The highest BCUT2D eigenvalue weighted by atomic mass is 16.6. The Hall–Kier alpha value is -2.64. The molecule has 0 aliphatic carbocycles. The van der Waals surface area contributed by atoms with Crippen LogP contribution in [0.3, 0.4) is 0 Å². The van der Waals surface area contributed by atoms with E-state index in [0.717, 1.165) is 0 Å². The van der Waals surface area contributed by atoms with Crippen molar-refractivity contribution in [1.82, 2.24) is 4.98 Å². The Morgan fingerprint density at radius 1 is 1.00 bits per heavy atom. The topological polar surface area (TPSA) is 106 Å². The number of pyridine rings is 1. The summed E-state index contributed by atoms with van der Waals surface area (Å²) < 4.78 is 10.4. The third kappa shape index (κ3) is 5.53.